The largest absolute Gasteiger partial charge is 0.414 e. The Kier molecular flexibility index (Phi) is 4.41. The topological polar surface area (TPSA) is 101 Å². The van der Waals surface area contributed by atoms with E-state index in [1.54, 1.807) is 23.3 Å². The molecule has 1 amide bonds. The molecule has 0 spiro atoms. The van der Waals surface area contributed by atoms with Crippen LogP contribution in [0.3, 0.4) is 0 Å². The van der Waals surface area contributed by atoms with Gasteiger partial charge in [0.05, 0.1) is 35.5 Å². The first kappa shape index (κ1) is 17.4. The van der Waals surface area contributed by atoms with Gasteiger partial charge in [-0.3, -0.25) is 9.78 Å². The molecule has 1 saturated heterocycles. The number of amides is 1. The average Bonchev–Trinajstić information content (AvgIpc) is 3.42. The molecule has 0 atom stereocenters. The van der Waals surface area contributed by atoms with E-state index in [1.165, 1.54) is 6.20 Å². The Morgan fingerprint density at radius 3 is 2.86 bits per heavy atom. The molecule has 1 aliphatic heterocycles. The minimum atomic E-state index is -0.433. The summed E-state index contributed by atoms with van der Waals surface area (Å²) in [5.74, 6) is -0.0864. The SMILES string of the molecule is O=C(Nc1cnccc1N1CCNCC1)c1ncc(-n2ncc3ccccc32)o1. The van der Waals surface area contributed by atoms with Crippen molar-refractivity contribution >= 4 is 28.2 Å². The van der Waals surface area contributed by atoms with E-state index in [4.69, 9.17) is 4.42 Å². The van der Waals surface area contributed by atoms with E-state index < -0.39 is 5.91 Å². The number of pyridine rings is 1. The molecule has 0 radical (unpaired) electrons. The van der Waals surface area contributed by atoms with E-state index in [1.807, 2.05) is 30.3 Å². The standard InChI is InChI=1S/C20H19N7O2/c28-19(25-15-12-22-6-5-17(15)26-9-7-21-8-10-26)20-23-13-18(29-20)27-16-4-2-1-3-14(16)11-24-27/h1-6,11-13,21H,7-10H2,(H,25,28). The molecule has 146 valence electrons. The Labute approximate surface area is 166 Å². The number of fused-ring (bicyclic) bond motifs is 1. The van der Waals surface area contributed by atoms with Gasteiger partial charge in [-0.1, -0.05) is 18.2 Å². The van der Waals surface area contributed by atoms with E-state index in [2.05, 4.69) is 30.6 Å². The highest BCUT2D eigenvalue weighted by atomic mass is 16.4. The first-order chi connectivity index (χ1) is 14.3. The van der Waals surface area contributed by atoms with Gasteiger partial charge in [-0.15, -0.1) is 0 Å². The lowest BCUT2D eigenvalue weighted by atomic mass is 10.2. The fourth-order valence-corrected chi connectivity index (χ4v) is 3.46. The Hall–Kier alpha value is -3.72. The van der Waals surface area contributed by atoms with Crippen LogP contribution in [0.5, 0.6) is 0 Å². The molecule has 1 fully saturated rings. The smallest absolute Gasteiger partial charge is 0.311 e. The number of aromatic nitrogens is 4. The Morgan fingerprint density at radius 1 is 1.10 bits per heavy atom. The summed E-state index contributed by atoms with van der Waals surface area (Å²) >= 11 is 0. The molecular formula is C20H19N7O2. The molecule has 3 aromatic heterocycles. The molecule has 5 rings (SSSR count). The number of piperazine rings is 1. The third-order valence-electron chi connectivity index (χ3n) is 4.88. The molecule has 9 heteroatoms. The van der Waals surface area contributed by atoms with Crippen molar-refractivity contribution in [3.05, 3.63) is 61.0 Å². The van der Waals surface area contributed by atoms with E-state index in [9.17, 15) is 4.79 Å². The Bertz CT molecular complexity index is 1160. The van der Waals surface area contributed by atoms with Crippen LogP contribution in [0.4, 0.5) is 11.4 Å². The molecule has 1 aromatic carbocycles. The fraction of sp³-hybridized carbons (Fsp3) is 0.200. The summed E-state index contributed by atoms with van der Waals surface area (Å²) in [6, 6.07) is 9.66. The van der Waals surface area contributed by atoms with Crippen LogP contribution in [0.15, 0.2) is 59.5 Å². The van der Waals surface area contributed by atoms with Crippen LogP contribution in [0.1, 0.15) is 10.7 Å². The number of anilines is 2. The second kappa shape index (κ2) is 7.36. The van der Waals surface area contributed by atoms with Crippen LogP contribution in [-0.2, 0) is 0 Å². The molecule has 29 heavy (non-hydrogen) atoms. The molecule has 0 unspecified atom stereocenters. The highest BCUT2D eigenvalue weighted by Crippen LogP contribution is 2.26. The zero-order valence-corrected chi connectivity index (χ0v) is 15.6. The number of oxazole rings is 1. The van der Waals surface area contributed by atoms with Crippen LogP contribution < -0.4 is 15.5 Å². The van der Waals surface area contributed by atoms with Crippen molar-refractivity contribution in [1.82, 2.24) is 25.1 Å². The molecule has 1 aliphatic rings. The van der Waals surface area contributed by atoms with Gasteiger partial charge in [0.25, 0.3) is 5.89 Å². The van der Waals surface area contributed by atoms with Crippen LogP contribution in [0.2, 0.25) is 0 Å². The number of benzene rings is 1. The van der Waals surface area contributed by atoms with Gasteiger partial charge in [-0.2, -0.15) is 9.78 Å². The average molecular weight is 389 g/mol. The minimum absolute atomic E-state index is 0.0327. The summed E-state index contributed by atoms with van der Waals surface area (Å²) in [5, 5.41) is 11.5. The van der Waals surface area contributed by atoms with Crippen molar-refractivity contribution in [1.29, 1.82) is 0 Å². The maximum atomic E-state index is 12.7. The third-order valence-corrected chi connectivity index (χ3v) is 4.88. The lowest BCUT2D eigenvalue weighted by Gasteiger charge is -2.30. The molecule has 4 aromatic rings. The second-order valence-electron chi connectivity index (χ2n) is 6.70. The van der Waals surface area contributed by atoms with Crippen molar-refractivity contribution in [2.24, 2.45) is 0 Å². The van der Waals surface area contributed by atoms with Crippen molar-refractivity contribution < 1.29 is 9.21 Å². The number of para-hydroxylation sites is 1. The van der Waals surface area contributed by atoms with Crippen molar-refractivity contribution in [3.8, 4) is 5.88 Å². The quantitative estimate of drug-likeness (QED) is 0.551. The first-order valence-electron chi connectivity index (χ1n) is 9.39. The number of hydrogen-bond acceptors (Lipinski definition) is 7. The first-order valence-corrected chi connectivity index (χ1v) is 9.39. The number of nitrogens with one attached hydrogen (secondary N) is 2. The Balaban J connectivity index is 1.39. The van der Waals surface area contributed by atoms with Crippen LogP contribution in [-0.4, -0.2) is 51.8 Å². The van der Waals surface area contributed by atoms with Crippen molar-refractivity contribution in [3.63, 3.8) is 0 Å². The fourth-order valence-electron chi connectivity index (χ4n) is 3.46. The molecule has 2 N–H and O–H groups in total. The van der Waals surface area contributed by atoms with Gasteiger partial charge in [0.2, 0.25) is 5.88 Å². The summed E-state index contributed by atoms with van der Waals surface area (Å²) in [5.41, 5.74) is 2.44. The van der Waals surface area contributed by atoms with Gasteiger partial charge in [-0.25, -0.2) is 4.98 Å². The molecule has 0 bridgehead atoms. The molecule has 0 saturated carbocycles. The summed E-state index contributed by atoms with van der Waals surface area (Å²) in [6.07, 6.45) is 6.60. The zero-order chi connectivity index (χ0) is 19.6. The minimum Gasteiger partial charge on any atom is -0.414 e. The summed E-state index contributed by atoms with van der Waals surface area (Å²) < 4.78 is 7.31. The molecule has 9 nitrogen and oxygen atoms in total. The number of rotatable bonds is 4. The highest BCUT2D eigenvalue weighted by Gasteiger charge is 2.20. The van der Waals surface area contributed by atoms with Gasteiger partial charge in [0, 0.05) is 37.8 Å². The monoisotopic (exact) mass is 389 g/mol. The predicted molar refractivity (Wildman–Crippen MR) is 108 cm³/mol. The van der Waals surface area contributed by atoms with Gasteiger partial charge in [0.15, 0.2) is 0 Å². The van der Waals surface area contributed by atoms with Crippen LogP contribution in [0, 0.1) is 0 Å². The summed E-state index contributed by atoms with van der Waals surface area (Å²) in [7, 11) is 0. The number of nitrogens with zero attached hydrogens (tertiary/aromatic N) is 5. The number of hydrogen-bond donors (Lipinski definition) is 2. The lowest BCUT2D eigenvalue weighted by Crippen LogP contribution is -2.43. The maximum absolute atomic E-state index is 12.7. The Morgan fingerprint density at radius 2 is 1.97 bits per heavy atom. The van der Waals surface area contributed by atoms with E-state index in [0.29, 0.717) is 11.6 Å². The van der Waals surface area contributed by atoms with Crippen molar-refractivity contribution in [2.75, 3.05) is 36.4 Å². The van der Waals surface area contributed by atoms with E-state index in [-0.39, 0.29) is 5.89 Å². The van der Waals surface area contributed by atoms with Gasteiger partial charge in [-0.05, 0) is 12.1 Å². The maximum Gasteiger partial charge on any atom is 0.311 e. The second-order valence-corrected chi connectivity index (χ2v) is 6.70. The summed E-state index contributed by atoms with van der Waals surface area (Å²) in [6.45, 7) is 3.53. The van der Waals surface area contributed by atoms with E-state index in [0.717, 1.165) is 42.8 Å². The zero-order valence-electron chi connectivity index (χ0n) is 15.6. The third kappa shape index (κ3) is 3.32. The summed E-state index contributed by atoms with van der Waals surface area (Å²) in [4.78, 5) is 23.2. The molecular weight excluding hydrogens is 370 g/mol. The van der Waals surface area contributed by atoms with Gasteiger partial charge < -0.3 is 20.0 Å². The molecule has 0 aliphatic carbocycles. The van der Waals surface area contributed by atoms with Gasteiger partial charge >= 0.3 is 5.91 Å². The van der Waals surface area contributed by atoms with Gasteiger partial charge in [0.1, 0.15) is 0 Å². The highest BCUT2D eigenvalue weighted by molar-refractivity contribution is 6.03. The van der Waals surface area contributed by atoms with E-state index >= 15 is 0 Å². The normalized spacial score (nSPS) is 14.3. The predicted octanol–water partition coefficient (Wildman–Crippen LogP) is 2.07. The van der Waals surface area contributed by atoms with Crippen LogP contribution >= 0.6 is 0 Å². The molecule has 4 heterocycles. The van der Waals surface area contributed by atoms with Crippen LogP contribution in [0.25, 0.3) is 16.8 Å². The van der Waals surface area contributed by atoms with Crippen molar-refractivity contribution in [2.45, 2.75) is 0 Å². The number of carbonyl (C=O) groups is 1. The lowest BCUT2D eigenvalue weighted by molar-refractivity contribution is 0.0990. The number of carbonyl (C=O) groups excluding carboxylic acids is 1.